The smallest absolute Gasteiger partial charge is 0.0542 e. The maximum atomic E-state index is 4.35. The van der Waals surface area contributed by atoms with Crippen LogP contribution in [0.2, 0.25) is 0 Å². The van der Waals surface area contributed by atoms with Gasteiger partial charge in [0.2, 0.25) is 0 Å². The van der Waals surface area contributed by atoms with Gasteiger partial charge in [-0.3, -0.25) is 4.68 Å². The standard InChI is InChI=1S/C17H19N3S/c1-3-20-12-14(11-18-20)13(2)19-16-8-5-4-7-15(16)17-9-6-10-21-17/h4-13,19H,3H2,1-2H3. The van der Waals surface area contributed by atoms with Gasteiger partial charge in [0.25, 0.3) is 0 Å². The molecular weight excluding hydrogens is 278 g/mol. The maximum Gasteiger partial charge on any atom is 0.0542 e. The number of aryl methyl sites for hydroxylation is 1. The summed E-state index contributed by atoms with van der Waals surface area (Å²) in [6, 6.07) is 12.9. The van der Waals surface area contributed by atoms with Crippen molar-refractivity contribution in [3.8, 4) is 10.4 Å². The number of nitrogens with zero attached hydrogens (tertiary/aromatic N) is 2. The highest BCUT2D eigenvalue weighted by Crippen LogP contribution is 2.33. The Morgan fingerprint density at radius 1 is 1.24 bits per heavy atom. The van der Waals surface area contributed by atoms with Gasteiger partial charge in [0.1, 0.15) is 0 Å². The van der Waals surface area contributed by atoms with Crippen molar-refractivity contribution in [2.24, 2.45) is 0 Å². The van der Waals surface area contributed by atoms with E-state index >= 15 is 0 Å². The third-order valence-corrected chi connectivity index (χ3v) is 4.47. The molecule has 1 N–H and O–H groups in total. The zero-order valence-corrected chi connectivity index (χ0v) is 13.1. The lowest BCUT2D eigenvalue weighted by molar-refractivity contribution is 0.658. The van der Waals surface area contributed by atoms with E-state index in [2.05, 4.69) is 72.2 Å². The molecule has 1 aromatic carbocycles. The van der Waals surface area contributed by atoms with Crippen molar-refractivity contribution in [2.75, 3.05) is 5.32 Å². The molecular formula is C17H19N3S. The number of nitrogens with one attached hydrogen (secondary N) is 1. The predicted octanol–water partition coefficient (Wildman–Crippen LogP) is 4.80. The molecule has 2 aromatic heterocycles. The number of aromatic nitrogens is 2. The molecule has 0 aliphatic rings. The third kappa shape index (κ3) is 3.00. The van der Waals surface area contributed by atoms with Crippen LogP contribution in [-0.2, 0) is 6.54 Å². The fourth-order valence-electron chi connectivity index (χ4n) is 2.35. The molecule has 1 atom stereocenters. The van der Waals surface area contributed by atoms with Gasteiger partial charge in [-0.2, -0.15) is 5.10 Å². The fraction of sp³-hybridized carbons (Fsp3) is 0.235. The van der Waals surface area contributed by atoms with Crippen LogP contribution in [0.3, 0.4) is 0 Å². The lowest BCUT2D eigenvalue weighted by Crippen LogP contribution is -2.06. The first kappa shape index (κ1) is 13.9. The highest BCUT2D eigenvalue weighted by Gasteiger charge is 2.11. The normalized spacial score (nSPS) is 12.3. The number of hydrogen-bond donors (Lipinski definition) is 1. The Hall–Kier alpha value is -2.07. The molecule has 108 valence electrons. The van der Waals surface area contributed by atoms with Crippen LogP contribution in [0.4, 0.5) is 5.69 Å². The van der Waals surface area contributed by atoms with Crippen molar-refractivity contribution in [1.82, 2.24) is 9.78 Å². The van der Waals surface area contributed by atoms with E-state index in [1.54, 1.807) is 11.3 Å². The molecule has 0 spiro atoms. The van der Waals surface area contributed by atoms with E-state index in [-0.39, 0.29) is 6.04 Å². The number of hydrogen-bond acceptors (Lipinski definition) is 3. The maximum absolute atomic E-state index is 4.35. The first-order valence-electron chi connectivity index (χ1n) is 7.19. The fourth-order valence-corrected chi connectivity index (χ4v) is 3.11. The quantitative estimate of drug-likeness (QED) is 0.732. The van der Waals surface area contributed by atoms with E-state index in [1.807, 2.05) is 10.9 Å². The number of anilines is 1. The van der Waals surface area contributed by atoms with Crippen molar-refractivity contribution in [3.63, 3.8) is 0 Å². The molecule has 0 radical (unpaired) electrons. The molecule has 21 heavy (non-hydrogen) atoms. The molecule has 3 aromatic rings. The zero-order valence-electron chi connectivity index (χ0n) is 12.3. The van der Waals surface area contributed by atoms with E-state index in [0.29, 0.717) is 0 Å². The van der Waals surface area contributed by atoms with E-state index in [4.69, 9.17) is 0 Å². The van der Waals surface area contributed by atoms with Gasteiger partial charge in [0.15, 0.2) is 0 Å². The average molecular weight is 297 g/mol. The second kappa shape index (κ2) is 6.14. The van der Waals surface area contributed by atoms with Crippen LogP contribution in [-0.4, -0.2) is 9.78 Å². The van der Waals surface area contributed by atoms with E-state index in [9.17, 15) is 0 Å². The van der Waals surface area contributed by atoms with E-state index in [0.717, 1.165) is 12.2 Å². The van der Waals surface area contributed by atoms with Crippen molar-refractivity contribution in [3.05, 3.63) is 59.7 Å². The highest BCUT2D eigenvalue weighted by atomic mass is 32.1. The van der Waals surface area contributed by atoms with Gasteiger partial charge in [-0.25, -0.2) is 0 Å². The van der Waals surface area contributed by atoms with Crippen LogP contribution in [0.5, 0.6) is 0 Å². The zero-order chi connectivity index (χ0) is 14.7. The van der Waals surface area contributed by atoms with Crippen LogP contribution in [0.1, 0.15) is 25.5 Å². The summed E-state index contributed by atoms with van der Waals surface area (Å²) in [7, 11) is 0. The van der Waals surface area contributed by atoms with Crippen molar-refractivity contribution < 1.29 is 0 Å². The summed E-state index contributed by atoms with van der Waals surface area (Å²) < 4.78 is 1.96. The Labute approximate surface area is 129 Å². The topological polar surface area (TPSA) is 29.9 Å². The minimum absolute atomic E-state index is 0.228. The third-order valence-electron chi connectivity index (χ3n) is 3.56. The molecule has 0 saturated carbocycles. The Bertz CT molecular complexity index is 700. The van der Waals surface area contributed by atoms with Gasteiger partial charge in [0, 0.05) is 34.4 Å². The minimum atomic E-state index is 0.228. The monoisotopic (exact) mass is 297 g/mol. The second-order valence-corrected chi connectivity index (χ2v) is 5.97. The Kier molecular flexibility index (Phi) is 4.06. The molecule has 3 nitrogen and oxygen atoms in total. The summed E-state index contributed by atoms with van der Waals surface area (Å²) in [5.41, 5.74) is 3.62. The van der Waals surface area contributed by atoms with Crippen molar-refractivity contribution >= 4 is 17.0 Å². The Morgan fingerprint density at radius 3 is 2.81 bits per heavy atom. The molecule has 4 heteroatoms. The lowest BCUT2D eigenvalue weighted by Gasteiger charge is -2.16. The average Bonchev–Trinajstić information content (AvgIpc) is 3.19. The largest absolute Gasteiger partial charge is 0.378 e. The van der Waals surface area contributed by atoms with Crippen LogP contribution < -0.4 is 5.32 Å². The number of rotatable bonds is 5. The van der Waals surface area contributed by atoms with Crippen LogP contribution in [0, 0.1) is 0 Å². The van der Waals surface area contributed by atoms with Gasteiger partial charge in [-0.1, -0.05) is 24.3 Å². The summed E-state index contributed by atoms with van der Waals surface area (Å²) >= 11 is 1.76. The van der Waals surface area contributed by atoms with E-state index < -0.39 is 0 Å². The van der Waals surface area contributed by atoms with Crippen LogP contribution in [0.25, 0.3) is 10.4 Å². The second-order valence-electron chi connectivity index (χ2n) is 5.02. The Balaban J connectivity index is 1.85. The van der Waals surface area contributed by atoms with Crippen molar-refractivity contribution in [2.45, 2.75) is 26.4 Å². The molecule has 0 saturated heterocycles. The van der Waals surface area contributed by atoms with Gasteiger partial charge in [0.05, 0.1) is 12.2 Å². The molecule has 2 heterocycles. The lowest BCUT2D eigenvalue weighted by atomic mass is 10.1. The summed E-state index contributed by atoms with van der Waals surface area (Å²) in [6.45, 7) is 5.17. The molecule has 1 unspecified atom stereocenters. The summed E-state index contributed by atoms with van der Waals surface area (Å²) in [4.78, 5) is 1.29. The molecule has 3 rings (SSSR count). The number of benzene rings is 1. The summed E-state index contributed by atoms with van der Waals surface area (Å²) in [5, 5.41) is 10.1. The van der Waals surface area contributed by atoms with Gasteiger partial charge < -0.3 is 5.32 Å². The first-order valence-corrected chi connectivity index (χ1v) is 8.07. The van der Waals surface area contributed by atoms with Crippen LogP contribution in [0.15, 0.2) is 54.2 Å². The number of para-hydroxylation sites is 1. The minimum Gasteiger partial charge on any atom is -0.378 e. The summed E-state index contributed by atoms with van der Waals surface area (Å²) in [6.07, 6.45) is 4.04. The molecule has 0 aliphatic carbocycles. The van der Waals surface area contributed by atoms with Gasteiger partial charge in [-0.05, 0) is 31.4 Å². The number of thiophene rings is 1. The molecule has 0 amide bonds. The van der Waals surface area contributed by atoms with E-state index in [1.165, 1.54) is 16.0 Å². The van der Waals surface area contributed by atoms with Crippen LogP contribution >= 0.6 is 11.3 Å². The molecule has 0 aliphatic heterocycles. The SMILES string of the molecule is CCn1cc(C(C)Nc2ccccc2-c2cccs2)cn1. The van der Waals surface area contributed by atoms with Crippen molar-refractivity contribution in [1.29, 1.82) is 0 Å². The summed E-state index contributed by atoms with van der Waals surface area (Å²) in [5.74, 6) is 0. The predicted molar refractivity (Wildman–Crippen MR) is 89.7 cm³/mol. The van der Waals surface area contributed by atoms with Gasteiger partial charge >= 0.3 is 0 Å². The molecule has 0 bridgehead atoms. The highest BCUT2D eigenvalue weighted by molar-refractivity contribution is 7.13. The molecule has 0 fully saturated rings. The Morgan fingerprint density at radius 2 is 2.10 bits per heavy atom. The first-order chi connectivity index (χ1) is 10.3. The van der Waals surface area contributed by atoms with Gasteiger partial charge in [-0.15, -0.1) is 11.3 Å².